The summed E-state index contributed by atoms with van der Waals surface area (Å²) in [6, 6.07) is 8.94. The van der Waals surface area contributed by atoms with Gasteiger partial charge in [0.15, 0.2) is 0 Å². The van der Waals surface area contributed by atoms with E-state index in [0.717, 1.165) is 0 Å². The number of phenols is 1. The summed E-state index contributed by atoms with van der Waals surface area (Å²) in [5.74, 6) is -2.27. The molecule has 0 saturated carbocycles. The van der Waals surface area contributed by atoms with Crippen LogP contribution in [-0.2, 0) is 9.59 Å². The van der Waals surface area contributed by atoms with E-state index >= 15 is 0 Å². The van der Waals surface area contributed by atoms with Gasteiger partial charge < -0.3 is 15.7 Å². The molecule has 2 aromatic rings. The first-order valence-corrected chi connectivity index (χ1v) is 6.60. The molecule has 0 saturated heterocycles. The lowest BCUT2D eigenvalue weighted by molar-refractivity contribution is -0.384. The standard InChI is InChI=1S/C14H10ClN3O5/c15-8-1-6-12(19)11(7-8)17-14(21)13(20)16-9-2-4-10(5-3-9)18(22)23/h1-7,19H,(H,16,20)(H,17,21). The number of amides is 2. The molecule has 2 rings (SSSR count). The largest absolute Gasteiger partial charge is 0.506 e. The summed E-state index contributed by atoms with van der Waals surface area (Å²) in [6.07, 6.45) is 0. The molecule has 2 aromatic carbocycles. The number of aromatic hydroxyl groups is 1. The number of nitrogens with one attached hydrogen (secondary N) is 2. The molecule has 0 radical (unpaired) electrons. The normalized spacial score (nSPS) is 9.96. The van der Waals surface area contributed by atoms with Gasteiger partial charge in [0.2, 0.25) is 0 Å². The van der Waals surface area contributed by atoms with Gasteiger partial charge in [-0.3, -0.25) is 19.7 Å². The van der Waals surface area contributed by atoms with Crippen LogP contribution in [0, 0.1) is 10.1 Å². The van der Waals surface area contributed by atoms with Crippen molar-refractivity contribution in [3.63, 3.8) is 0 Å². The first kappa shape index (κ1) is 16.2. The minimum absolute atomic E-state index is 0.0126. The van der Waals surface area contributed by atoms with Crippen molar-refractivity contribution >= 4 is 40.5 Å². The number of rotatable bonds is 3. The van der Waals surface area contributed by atoms with Crippen molar-refractivity contribution in [1.29, 1.82) is 0 Å². The first-order chi connectivity index (χ1) is 10.9. The second-order valence-corrected chi connectivity index (χ2v) is 4.81. The van der Waals surface area contributed by atoms with Gasteiger partial charge in [-0.05, 0) is 30.3 Å². The predicted octanol–water partition coefficient (Wildman–Crippen LogP) is 2.53. The lowest BCUT2D eigenvalue weighted by Gasteiger charge is -2.08. The van der Waals surface area contributed by atoms with Gasteiger partial charge in [-0.2, -0.15) is 0 Å². The Labute approximate surface area is 134 Å². The highest BCUT2D eigenvalue weighted by Crippen LogP contribution is 2.26. The fraction of sp³-hybridized carbons (Fsp3) is 0. The third kappa shape index (κ3) is 4.17. The van der Waals surface area contributed by atoms with Crippen LogP contribution in [-0.4, -0.2) is 21.8 Å². The molecule has 0 unspecified atom stereocenters. The highest BCUT2D eigenvalue weighted by atomic mass is 35.5. The molecular formula is C14H10ClN3O5. The van der Waals surface area contributed by atoms with Crippen molar-refractivity contribution in [2.24, 2.45) is 0 Å². The van der Waals surface area contributed by atoms with Crippen LogP contribution in [0.15, 0.2) is 42.5 Å². The molecule has 2 amide bonds. The number of carbonyl (C=O) groups excluding carboxylic acids is 2. The number of non-ortho nitro benzene ring substituents is 1. The maximum Gasteiger partial charge on any atom is 0.314 e. The van der Waals surface area contributed by atoms with Gasteiger partial charge >= 0.3 is 11.8 Å². The quantitative estimate of drug-likeness (QED) is 0.344. The van der Waals surface area contributed by atoms with E-state index in [4.69, 9.17) is 11.6 Å². The molecule has 0 heterocycles. The van der Waals surface area contributed by atoms with Crippen LogP contribution in [0.3, 0.4) is 0 Å². The number of hydrogen-bond donors (Lipinski definition) is 3. The molecule has 0 aliphatic carbocycles. The number of nitrogens with zero attached hydrogens (tertiary/aromatic N) is 1. The number of carbonyl (C=O) groups is 2. The van der Waals surface area contributed by atoms with E-state index < -0.39 is 16.7 Å². The summed E-state index contributed by atoms with van der Waals surface area (Å²) in [6.45, 7) is 0. The van der Waals surface area contributed by atoms with Crippen LogP contribution in [0.25, 0.3) is 0 Å². The van der Waals surface area contributed by atoms with Gasteiger partial charge in [-0.15, -0.1) is 0 Å². The Morgan fingerprint density at radius 2 is 1.65 bits per heavy atom. The fourth-order valence-electron chi connectivity index (χ4n) is 1.64. The predicted molar refractivity (Wildman–Crippen MR) is 83.5 cm³/mol. The maximum absolute atomic E-state index is 11.8. The molecule has 0 aliphatic rings. The SMILES string of the molecule is O=C(Nc1ccc([N+](=O)[O-])cc1)C(=O)Nc1cc(Cl)ccc1O. The molecule has 0 bridgehead atoms. The molecular weight excluding hydrogens is 326 g/mol. The van der Waals surface area contributed by atoms with Crippen LogP contribution in [0.1, 0.15) is 0 Å². The molecule has 0 aliphatic heterocycles. The molecule has 8 nitrogen and oxygen atoms in total. The number of hydrogen-bond acceptors (Lipinski definition) is 5. The number of anilines is 2. The molecule has 3 N–H and O–H groups in total. The third-order valence-electron chi connectivity index (χ3n) is 2.75. The summed E-state index contributed by atoms with van der Waals surface area (Å²) in [5.41, 5.74) is 0.0590. The summed E-state index contributed by atoms with van der Waals surface area (Å²) in [4.78, 5) is 33.5. The van der Waals surface area contributed by atoms with E-state index in [2.05, 4.69) is 10.6 Å². The van der Waals surface area contributed by atoms with Gasteiger partial charge in [0, 0.05) is 22.8 Å². The average Bonchev–Trinajstić information content (AvgIpc) is 2.51. The highest BCUT2D eigenvalue weighted by Gasteiger charge is 2.16. The number of halogens is 1. The smallest absolute Gasteiger partial charge is 0.314 e. The Morgan fingerprint density at radius 3 is 2.26 bits per heavy atom. The lowest BCUT2D eigenvalue weighted by Crippen LogP contribution is -2.29. The van der Waals surface area contributed by atoms with Crippen molar-refractivity contribution in [3.05, 3.63) is 57.6 Å². The van der Waals surface area contributed by atoms with E-state index in [1.54, 1.807) is 0 Å². The lowest BCUT2D eigenvalue weighted by atomic mass is 10.2. The van der Waals surface area contributed by atoms with Gasteiger partial charge in [-0.25, -0.2) is 0 Å². The van der Waals surface area contributed by atoms with Gasteiger partial charge in [-0.1, -0.05) is 11.6 Å². The Kier molecular flexibility index (Phi) is 4.77. The first-order valence-electron chi connectivity index (χ1n) is 6.22. The van der Waals surface area contributed by atoms with Crippen LogP contribution in [0.2, 0.25) is 5.02 Å². The zero-order valence-electron chi connectivity index (χ0n) is 11.4. The average molecular weight is 336 g/mol. The number of nitro groups is 1. The monoisotopic (exact) mass is 335 g/mol. The third-order valence-corrected chi connectivity index (χ3v) is 2.98. The number of phenolic OH excluding ortho intramolecular Hbond substituents is 1. The van der Waals surface area contributed by atoms with E-state index in [-0.39, 0.29) is 27.8 Å². The topological polar surface area (TPSA) is 122 Å². The van der Waals surface area contributed by atoms with Crippen LogP contribution in [0.5, 0.6) is 5.75 Å². The molecule has 23 heavy (non-hydrogen) atoms. The second-order valence-electron chi connectivity index (χ2n) is 4.37. The zero-order valence-corrected chi connectivity index (χ0v) is 12.2. The molecule has 118 valence electrons. The summed E-state index contributed by atoms with van der Waals surface area (Å²) in [5, 5.41) is 24.8. The minimum Gasteiger partial charge on any atom is -0.506 e. The van der Waals surface area contributed by atoms with Crippen LogP contribution in [0.4, 0.5) is 17.1 Å². The van der Waals surface area contributed by atoms with Gasteiger partial charge in [0.1, 0.15) is 5.75 Å². The van der Waals surface area contributed by atoms with Crippen molar-refractivity contribution in [2.45, 2.75) is 0 Å². The highest BCUT2D eigenvalue weighted by molar-refractivity contribution is 6.44. The summed E-state index contributed by atoms with van der Waals surface area (Å²) in [7, 11) is 0. The molecule has 0 aromatic heterocycles. The van der Waals surface area contributed by atoms with E-state index in [9.17, 15) is 24.8 Å². The number of nitro benzene ring substituents is 1. The van der Waals surface area contributed by atoms with Crippen molar-refractivity contribution in [2.75, 3.05) is 10.6 Å². The maximum atomic E-state index is 11.8. The Balaban J connectivity index is 2.03. The zero-order chi connectivity index (χ0) is 17.0. The Hall–Kier alpha value is -3.13. The van der Waals surface area contributed by atoms with Gasteiger partial charge in [0.25, 0.3) is 5.69 Å². The number of benzene rings is 2. The molecule has 0 fully saturated rings. The van der Waals surface area contributed by atoms with Crippen molar-refractivity contribution in [1.82, 2.24) is 0 Å². The Morgan fingerprint density at radius 1 is 1.04 bits per heavy atom. The van der Waals surface area contributed by atoms with Crippen molar-refractivity contribution < 1.29 is 19.6 Å². The van der Waals surface area contributed by atoms with Crippen LogP contribution >= 0.6 is 11.6 Å². The molecule has 0 atom stereocenters. The molecule has 0 spiro atoms. The Bertz CT molecular complexity index is 776. The van der Waals surface area contributed by atoms with E-state index in [1.807, 2.05) is 0 Å². The minimum atomic E-state index is -1.03. The summed E-state index contributed by atoms with van der Waals surface area (Å²) < 4.78 is 0. The van der Waals surface area contributed by atoms with E-state index in [0.29, 0.717) is 0 Å². The van der Waals surface area contributed by atoms with Crippen LogP contribution < -0.4 is 10.6 Å². The van der Waals surface area contributed by atoms with Crippen molar-refractivity contribution in [3.8, 4) is 5.75 Å². The van der Waals surface area contributed by atoms with E-state index in [1.165, 1.54) is 42.5 Å². The second kappa shape index (κ2) is 6.75. The van der Waals surface area contributed by atoms with Gasteiger partial charge in [0.05, 0.1) is 10.6 Å². The molecule has 9 heteroatoms. The fourth-order valence-corrected chi connectivity index (χ4v) is 1.81. The summed E-state index contributed by atoms with van der Waals surface area (Å²) >= 11 is 5.73.